The van der Waals surface area contributed by atoms with E-state index in [4.69, 9.17) is 0 Å². The van der Waals surface area contributed by atoms with Crippen molar-refractivity contribution in [3.63, 3.8) is 0 Å². The molecular formula is C8H17N3O. The second-order valence-electron chi connectivity index (χ2n) is 2.91. The topological polar surface area (TPSA) is 44.7 Å². The summed E-state index contributed by atoms with van der Waals surface area (Å²) in [5, 5.41) is 3.91. The molecule has 70 valence electrons. The molecule has 0 aromatic rings. The van der Waals surface area contributed by atoms with E-state index >= 15 is 0 Å². The summed E-state index contributed by atoms with van der Waals surface area (Å²) in [4.78, 5) is 12.4. The Morgan fingerprint density at radius 1 is 1.50 bits per heavy atom. The van der Waals surface area contributed by atoms with Gasteiger partial charge in [-0.2, -0.15) is 5.10 Å². The van der Waals surface area contributed by atoms with Crippen molar-refractivity contribution in [1.82, 2.24) is 10.3 Å². The van der Waals surface area contributed by atoms with E-state index in [2.05, 4.69) is 17.5 Å². The third kappa shape index (κ3) is 4.71. The first-order valence-electron chi connectivity index (χ1n) is 4.08. The summed E-state index contributed by atoms with van der Waals surface area (Å²) in [6, 6.07) is -0.189. The summed E-state index contributed by atoms with van der Waals surface area (Å²) in [7, 11) is 3.36. The first-order valence-corrected chi connectivity index (χ1v) is 4.08. The molecule has 0 atom stereocenters. The van der Waals surface area contributed by atoms with Crippen LogP contribution in [-0.4, -0.2) is 30.7 Å². The fourth-order valence-electron chi connectivity index (χ4n) is 0.661. The fraction of sp³-hybridized carbons (Fsp3) is 0.750. The third-order valence-corrected chi connectivity index (χ3v) is 1.36. The highest BCUT2D eigenvalue weighted by molar-refractivity contribution is 5.83. The number of hydrogen-bond acceptors (Lipinski definition) is 2. The van der Waals surface area contributed by atoms with Crippen LogP contribution in [0.5, 0.6) is 0 Å². The zero-order valence-electron chi connectivity index (χ0n) is 8.22. The minimum absolute atomic E-state index is 0.189. The Kier molecular flexibility index (Phi) is 5.08. The van der Waals surface area contributed by atoms with Crippen molar-refractivity contribution in [2.45, 2.75) is 26.7 Å². The SMILES string of the molecule is CCCC(C)=NNC(=O)N(C)C. The highest BCUT2D eigenvalue weighted by Crippen LogP contribution is 1.89. The summed E-state index contributed by atoms with van der Waals surface area (Å²) in [6.07, 6.45) is 1.97. The molecule has 12 heavy (non-hydrogen) atoms. The number of carbonyl (C=O) groups is 1. The van der Waals surface area contributed by atoms with Gasteiger partial charge in [0, 0.05) is 19.8 Å². The Bertz CT molecular complexity index is 175. The van der Waals surface area contributed by atoms with E-state index in [1.807, 2.05) is 6.92 Å². The molecule has 0 unspecified atom stereocenters. The summed E-state index contributed by atoms with van der Waals surface area (Å²) >= 11 is 0. The van der Waals surface area contributed by atoms with Gasteiger partial charge in [-0.25, -0.2) is 10.2 Å². The molecule has 0 aliphatic rings. The number of carbonyl (C=O) groups excluding carboxylic acids is 1. The normalized spacial score (nSPS) is 11.2. The molecule has 0 saturated carbocycles. The molecule has 4 heteroatoms. The smallest absolute Gasteiger partial charge is 0.329 e. The summed E-state index contributed by atoms with van der Waals surface area (Å²) < 4.78 is 0. The number of nitrogens with one attached hydrogen (secondary N) is 1. The van der Waals surface area contributed by atoms with Crippen LogP contribution >= 0.6 is 0 Å². The van der Waals surface area contributed by atoms with E-state index < -0.39 is 0 Å². The lowest BCUT2D eigenvalue weighted by atomic mass is 10.2. The Hall–Kier alpha value is -1.06. The molecule has 0 aromatic carbocycles. The Labute approximate surface area is 73.6 Å². The Balaban J connectivity index is 3.79. The molecule has 0 aliphatic carbocycles. The van der Waals surface area contributed by atoms with E-state index in [9.17, 15) is 4.79 Å². The minimum atomic E-state index is -0.189. The van der Waals surface area contributed by atoms with Gasteiger partial charge < -0.3 is 4.90 Å². The zero-order valence-corrected chi connectivity index (χ0v) is 8.22. The predicted molar refractivity (Wildman–Crippen MR) is 50.2 cm³/mol. The summed E-state index contributed by atoms with van der Waals surface area (Å²) in [5.41, 5.74) is 3.39. The molecule has 0 saturated heterocycles. The van der Waals surface area contributed by atoms with Crippen molar-refractivity contribution in [1.29, 1.82) is 0 Å². The molecule has 0 aliphatic heterocycles. The van der Waals surface area contributed by atoms with Crippen molar-refractivity contribution < 1.29 is 4.79 Å². The Morgan fingerprint density at radius 3 is 2.50 bits per heavy atom. The standard InChI is InChI=1S/C8H17N3O/c1-5-6-7(2)9-10-8(12)11(3)4/h5-6H2,1-4H3,(H,10,12). The van der Waals surface area contributed by atoms with Gasteiger partial charge in [-0.05, 0) is 13.3 Å². The first-order chi connectivity index (χ1) is 5.57. The largest absolute Gasteiger partial charge is 0.337 e. The molecule has 0 radical (unpaired) electrons. The van der Waals surface area contributed by atoms with Crippen LogP contribution in [0.15, 0.2) is 5.10 Å². The molecule has 0 bridgehead atoms. The van der Waals surface area contributed by atoms with E-state index in [1.165, 1.54) is 4.90 Å². The predicted octanol–water partition coefficient (Wildman–Crippen LogP) is 1.43. The summed E-state index contributed by atoms with van der Waals surface area (Å²) in [5.74, 6) is 0. The minimum Gasteiger partial charge on any atom is -0.329 e. The quantitative estimate of drug-likeness (QED) is 0.506. The van der Waals surface area contributed by atoms with E-state index in [0.717, 1.165) is 18.6 Å². The summed E-state index contributed by atoms with van der Waals surface area (Å²) in [6.45, 7) is 3.98. The number of rotatable bonds is 3. The van der Waals surface area contributed by atoms with Crippen molar-refractivity contribution in [2.75, 3.05) is 14.1 Å². The van der Waals surface area contributed by atoms with Crippen LogP contribution < -0.4 is 5.43 Å². The van der Waals surface area contributed by atoms with Crippen LogP contribution in [0.2, 0.25) is 0 Å². The lowest BCUT2D eigenvalue weighted by Crippen LogP contribution is -2.31. The average molecular weight is 171 g/mol. The number of urea groups is 1. The number of hydrazone groups is 1. The van der Waals surface area contributed by atoms with Gasteiger partial charge in [-0.1, -0.05) is 13.3 Å². The van der Waals surface area contributed by atoms with Gasteiger partial charge in [0.2, 0.25) is 0 Å². The van der Waals surface area contributed by atoms with Crippen molar-refractivity contribution in [3.8, 4) is 0 Å². The second-order valence-corrected chi connectivity index (χ2v) is 2.91. The van der Waals surface area contributed by atoms with Crippen LogP contribution in [0.4, 0.5) is 4.79 Å². The van der Waals surface area contributed by atoms with E-state index in [-0.39, 0.29) is 6.03 Å². The molecule has 2 amide bonds. The lowest BCUT2D eigenvalue weighted by Gasteiger charge is -2.08. The Morgan fingerprint density at radius 2 is 2.08 bits per heavy atom. The molecule has 0 aromatic heterocycles. The van der Waals surface area contributed by atoms with Gasteiger partial charge >= 0.3 is 6.03 Å². The number of amides is 2. The van der Waals surface area contributed by atoms with Gasteiger partial charge in [0.1, 0.15) is 0 Å². The maximum absolute atomic E-state index is 11.0. The van der Waals surface area contributed by atoms with Crippen LogP contribution in [0, 0.1) is 0 Å². The van der Waals surface area contributed by atoms with Gasteiger partial charge in [0.15, 0.2) is 0 Å². The van der Waals surface area contributed by atoms with Crippen molar-refractivity contribution in [2.24, 2.45) is 5.10 Å². The van der Waals surface area contributed by atoms with E-state index in [1.54, 1.807) is 14.1 Å². The molecule has 1 N–H and O–H groups in total. The molecule has 0 rings (SSSR count). The van der Waals surface area contributed by atoms with Crippen molar-refractivity contribution in [3.05, 3.63) is 0 Å². The van der Waals surface area contributed by atoms with Crippen LogP contribution in [-0.2, 0) is 0 Å². The second kappa shape index (κ2) is 5.57. The van der Waals surface area contributed by atoms with Gasteiger partial charge in [-0.3, -0.25) is 0 Å². The maximum Gasteiger partial charge on any atom is 0.337 e. The van der Waals surface area contributed by atoms with Gasteiger partial charge in [0.25, 0.3) is 0 Å². The molecular weight excluding hydrogens is 154 g/mol. The monoisotopic (exact) mass is 171 g/mol. The fourth-order valence-corrected chi connectivity index (χ4v) is 0.661. The third-order valence-electron chi connectivity index (χ3n) is 1.36. The van der Waals surface area contributed by atoms with Crippen LogP contribution in [0.25, 0.3) is 0 Å². The van der Waals surface area contributed by atoms with Crippen molar-refractivity contribution >= 4 is 11.7 Å². The average Bonchev–Trinajstić information content (AvgIpc) is 2.00. The maximum atomic E-state index is 11.0. The van der Waals surface area contributed by atoms with Gasteiger partial charge in [0.05, 0.1) is 0 Å². The van der Waals surface area contributed by atoms with Crippen LogP contribution in [0.3, 0.4) is 0 Å². The van der Waals surface area contributed by atoms with E-state index in [0.29, 0.717) is 0 Å². The zero-order chi connectivity index (χ0) is 9.56. The lowest BCUT2D eigenvalue weighted by molar-refractivity contribution is 0.218. The first kappa shape index (κ1) is 10.9. The molecule has 4 nitrogen and oxygen atoms in total. The molecule has 0 fully saturated rings. The number of nitrogens with zero attached hydrogens (tertiary/aromatic N) is 2. The molecule has 0 heterocycles. The molecule has 0 spiro atoms. The number of hydrogen-bond donors (Lipinski definition) is 1. The van der Waals surface area contributed by atoms with Gasteiger partial charge in [-0.15, -0.1) is 0 Å². The van der Waals surface area contributed by atoms with Crippen LogP contribution in [0.1, 0.15) is 26.7 Å². The highest BCUT2D eigenvalue weighted by Gasteiger charge is 1.99. The highest BCUT2D eigenvalue weighted by atomic mass is 16.2.